The number of aromatic nitrogens is 3. The fourth-order valence-corrected chi connectivity index (χ4v) is 3.50. The number of anilines is 2. The zero-order chi connectivity index (χ0) is 19.2. The molecular formula is C20H30N6O. The van der Waals surface area contributed by atoms with Gasteiger partial charge in [-0.05, 0) is 43.9 Å². The Bertz CT molecular complexity index is 739. The van der Waals surface area contributed by atoms with Gasteiger partial charge in [0.25, 0.3) is 0 Å². The van der Waals surface area contributed by atoms with Crippen LogP contribution >= 0.6 is 0 Å². The summed E-state index contributed by atoms with van der Waals surface area (Å²) in [6, 6.07) is 6.45. The maximum Gasteiger partial charge on any atom is 0.222 e. The van der Waals surface area contributed by atoms with Crippen LogP contribution < -0.4 is 10.2 Å². The van der Waals surface area contributed by atoms with E-state index in [-0.39, 0.29) is 5.91 Å². The van der Waals surface area contributed by atoms with Gasteiger partial charge in [-0.2, -0.15) is 5.10 Å². The zero-order valence-electron chi connectivity index (χ0n) is 16.6. The summed E-state index contributed by atoms with van der Waals surface area (Å²) in [5.74, 6) is 1.19. The first kappa shape index (κ1) is 19.2. The van der Waals surface area contributed by atoms with Crippen molar-refractivity contribution in [3.63, 3.8) is 0 Å². The van der Waals surface area contributed by atoms with Crippen LogP contribution in [0.2, 0.25) is 0 Å². The second kappa shape index (κ2) is 8.88. The minimum atomic E-state index is 0.244. The third-order valence-corrected chi connectivity index (χ3v) is 5.18. The summed E-state index contributed by atoms with van der Waals surface area (Å²) in [6.45, 7) is 1.66. The first-order valence-electron chi connectivity index (χ1n) is 9.67. The van der Waals surface area contributed by atoms with Crippen molar-refractivity contribution >= 4 is 17.4 Å². The van der Waals surface area contributed by atoms with Crippen LogP contribution in [0, 0.1) is 0 Å². The molecule has 3 heterocycles. The molecular weight excluding hydrogens is 340 g/mol. The van der Waals surface area contributed by atoms with Gasteiger partial charge in [-0.1, -0.05) is 0 Å². The lowest BCUT2D eigenvalue weighted by molar-refractivity contribution is -0.131. The van der Waals surface area contributed by atoms with Crippen LogP contribution in [0.25, 0.3) is 0 Å². The molecule has 2 aromatic rings. The van der Waals surface area contributed by atoms with Crippen LogP contribution in [0.3, 0.4) is 0 Å². The average Bonchev–Trinajstić information content (AvgIpc) is 2.92. The van der Waals surface area contributed by atoms with Crippen LogP contribution in [0.5, 0.6) is 0 Å². The molecule has 1 saturated heterocycles. The lowest BCUT2D eigenvalue weighted by Crippen LogP contribution is -2.33. The number of carbonyl (C=O) groups is 1. The van der Waals surface area contributed by atoms with Crippen molar-refractivity contribution in [2.75, 3.05) is 37.4 Å². The quantitative estimate of drug-likeness (QED) is 0.845. The number of rotatable bonds is 6. The van der Waals surface area contributed by atoms with Crippen molar-refractivity contribution in [3.05, 3.63) is 36.3 Å². The highest BCUT2D eigenvalue weighted by Crippen LogP contribution is 2.19. The SMILES string of the molecule is CN(C)c1ccc(NC2CCCN(C(=O)CCc3ccnn3C)CC2)cn1. The number of pyridine rings is 1. The molecule has 3 rings (SSSR count). The standard InChI is InChI=1S/C20H30N6O/c1-24(2)19-8-6-17(15-21-19)23-16-5-4-13-26(14-11-16)20(27)9-7-18-10-12-22-25(18)3/h6,8,10,12,15-16,23H,4-5,7,9,11,13-14H2,1-3H3. The molecule has 1 atom stereocenters. The lowest BCUT2D eigenvalue weighted by atomic mass is 10.1. The normalized spacial score (nSPS) is 17.4. The monoisotopic (exact) mass is 370 g/mol. The van der Waals surface area contributed by atoms with Crippen molar-refractivity contribution in [1.29, 1.82) is 0 Å². The number of amides is 1. The van der Waals surface area contributed by atoms with E-state index in [2.05, 4.69) is 21.5 Å². The number of likely N-dealkylation sites (tertiary alicyclic amines) is 1. The van der Waals surface area contributed by atoms with Crippen LogP contribution in [0.15, 0.2) is 30.6 Å². The summed E-state index contributed by atoms with van der Waals surface area (Å²) in [7, 11) is 5.89. The second-order valence-corrected chi connectivity index (χ2v) is 7.40. The molecule has 0 aliphatic carbocycles. The molecule has 0 bridgehead atoms. The molecule has 1 N–H and O–H groups in total. The summed E-state index contributed by atoms with van der Waals surface area (Å²) >= 11 is 0. The van der Waals surface area contributed by atoms with E-state index in [0.717, 1.165) is 56.0 Å². The van der Waals surface area contributed by atoms with E-state index in [0.29, 0.717) is 12.5 Å². The van der Waals surface area contributed by atoms with Crippen molar-refractivity contribution in [3.8, 4) is 0 Å². The Morgan fingerprint density at radius 1 is 1.26 bits per heavy atom. The lowest BCUT2D eigenvalue weighted by Gasteiger charge is -2.21. The van der Waals surface area contributed by atoms with E-state index in [9.17, 15) is 4.79 Å². The smallest absolute Gasteiger partial charge is 0.222 e. The number of aryl methyl sites for hydroxylation is 2. The highest BCUT2D eigenvalue weighted by Gasteiger charge is 2.20. The van der Waals surface area contributed by atoms with E-state index in [1.165, 1.54) is 0 Å². The molecule has 7 heteroatoms. The molecule has 1 aliphatic rings. The maximum absolute atomic E-state index is 12.6. The third kappa shape index (κ3) is 5.21. The molecule has 27 heavy (non-hydrogen) atoms. The first-order chi connectivity index (χ1) is 13.0. The van der Waals surface area contributed by atoms with Gasteiger partial charge in [-0.15, -0.1) is 0 Å². The Balaban J connectivity index is 1.48. The van der Waals surface area contributed by atoms with Gasteiger partial charge in [-0.25, -0.2) is 4.98 Å². The van der Waals surface area contributed by atoms with E-state index in [1.807, 2.05) is 54.0 Å². The third-order valence-electron chi connectivity index (χ3n) is 5.18. The molecule has 0 spiro atoms. The number of carbonyl (C=O) groups excluding carboxylic acids is 1. The Hall–Kier alpha value is -2.57. The predicted octanol–water partition coefficient (Wildman–Crippen LogP) is 2.31. The molecule has 1 unspecified atom stereocenters. The van der Waals surface area contributed by atoms with Gasteiger partial charge >= 0.3 is 0 Å². The van der Waals surface area contributed by atoms with Gasteiger partial charge in [0.05, 0.1) is 11.9 Å². The van der Waals surface area contributed by atoms with Gasteiger partial charge in [0.15, 0.2) is 0 Å². The van der Waals surface area contributed by atoms with Crippen LogP contribution in [0.1, 0.15) is 31.4 Å². The summed E-state index contributed by atoms with van der Waals surface area (Å²) < 4.78 is 1.84. The summed E-state index contributed by atoms with van der Waals surface area (Å²) in [5.41, 5.74) is 2.15. The summed E-state index contributed by atoms with van der Waals surface area (Å²) in [4.78, 5) is 21.1. The Morgan fingerprint density at radius 3 is 2.78 bits per heavy atom. The number of hydrogen-bond donors (Lipinski definition) is 1. The van der Waals surface area contributed by atoms with Gasteiger partial charge < -0.3 is 15.1 Å². The second-order valence-electron chi connectivity index (χ2n) is 7.40. The average molecular weight is 371 g/mol. The van der Waals surface area contributed by atoms with Crippen molar-refractivity contribution < 1.29 is 4.79 Å². The minimum absolute atomic E-state index is 0.244. The Kier molecular flexibility index (Phi) is 6.32. The topological polar surface area (TPSA) is 66.3 Å². The molecule has 1 amide bonds. The Morgan fingerprint density at radius 2 is 2.11 bits per heavy atom. The molecule has 0 saturated carbocycles. The summed E-state index contributed by atoms with van der Waals surface area (Å²) in [6.07, 6.45) is 8.02. The molecule has 1 fully saturated rings. The van der Waals surface area contributed by atoms with Crippen molar-refractivity contribution in [1.82, 2.24) is 19.7 Å². The maximum atomic E-state index is 12.6. The van der Waals surface area contributed by atoms with Crippen molar-refractivity contribution in [2.45, 2.75) is 38.1 Å². The van der Waals surface area contributed by atoms with Gasteiger partial charge in [0.2, 0.25) is 5.91 Å². The molecule has 0 radical (unpaired) electrons. The fraction of sp³-hybridized carbons (Fsp3) is 0.550. The first-order valence-corrected chi connectivity index (χ1v) is 9.67. The van der Waals surface area contributed by atoms with Gasteiger partial charge in [0, 0.05) is 58.6 Å². The van der Waals surface area contributed by atoms with Crippen LogP contribution in [-0.2, 0) is 18.3 Å². The van der Waals surface area contributed by atoms with E-state index in [4.69, 9.17) is 0 Å². The van der Waals surface area contributed by atoms with Gasteiger partial charge in [0.1, 0.15) is 5.82 Å². The van der Waals surface area contributed by atoms with E-state index >= 15 is 0 Å². The van der Waals surface area contributed by atoms with E-state index in [1.54, 1.807) is 6.20 Å². The Labute approximate surface area is 161 Å². The molecule has 0 aromatic carbocycles. The molecule has 146 valence electrons. The van der Waals surface area contributed by atoms with Gasteiger partial charge in [-0.3, -0.25) is 9.48 Å². The summed E-state index contributed by atoms with van der Waals surface area (Å²) in [5, 5.41) is 7.74. The number of nitrogens with zero attached hydrogens (tertiary/aromatic N) is 5. The minimum Gasteiger partial charge on any atom is -0.381 e. The molecule has 1 aliphatic heterocycles. The van der Waals surface area contributed by atoms with E-state index < -0.39 is 0 Å². The predicted molar refractivity (Wildman–Crippen MR) is 108 cm³/mol. The van der Waals surface area contributed by atoms with Crippen LogP contribution in [-0.4, -0.2) is 58.8 Å². The molecule has 7 nitrogen and oxygen atoms in total. The fourth-order valence-electron chi connectivity index (χ4n) is 3.50. The number of nitrogens with one attached hydrogen (secondary N) is 1. The van der Waals surface area contributed by atoms with Crippen LogP contribution in [0.4, 0.5) is 11.5 Å². The van der Waals surface area contributed by atoms with Crippen molar-refractivity contribution in [2.24, 2.45) is 7.05 Å². The molecule has 2 aromatic heterocycles. The number of hydrogen-bond acceptors (Lipinski definition) is 5. The highest BCUT2D eigenvalue weighted by molar-refractivity contribution is 5.76. The highest BCUT2D eigenvalue weighted by atomic mass is 16.2. The largest absolute Gasteiger partial charge is 0.381 e. The zero-order valence-corrected chi connectivity index (χ0v) is 16.6.